The van der Waals surface area contributed by atoms with Gasteiger partial charge in [0.2, 0.25) is 0 Å². The van der Waals surface area contributed by atoms with Crippen LogP contribution in [0.2, 0.25) is 5.02 Å². The third-order valence-corrected chi connectivity index (χ3v) is 2.94. The van der Waals surface area contributed by atoms with Crippen molar-refractivity contribution in [3.63, 3.8) is 0 Å². The van der Waals surface area contributed by atoms with Gasteiger partial charge in [-0.15, -0.1) is 0 Å². The standard InChI is InChI=1S/C12H16ClNO/c13-11-5-3-10(4-6-11)12(7-14)15-8-9-1-2-9/h3-6,9,12H,1-2,7-8,14H2/t12-/m1/s1. The van der Waals surface area contributed by atoms with Crippen LogP contribution in [0.4, 0.5) is 0 Å². The van der Waals surface area contributed by atoms with Crippen molar-refractivity contribution < 1.29 is 4.74 Å². The Morgan fingerprint density at radius 2 is 2.00 bits per heavy atom. The number of halogens is 1. The van der Waals surface area contributed by atoms with E-state index < -0.39 is 0 Å². The molecular formula is C12H16ClNO. The predicted octanol–water partition coefficient (Wildman–Crippen LogP) is 2.77. The van der Waals surface area contributed by atoms with Crippen LogP contribution in [0.25, 0.3) is 0 Å². The minimum atomic E-state index is 0.0165. The van der Waals surface area contributed by atoms with Crippen LogP contribution >= 0.6 is 11.6 Å². The smallest absolute Gasteiger partial charge is 0.0947 e. The minimum Gasteiger partial charge on any atom is -0.372 e. The van der Waals surface area contributed by atoms with Crippen LogP contribution in [-0.2, 0) is 4.74 Å². The zero-order valence-electron chi connectivity index (χ0n) is 8.66. The molecule has 1 aliphatic carbocycles. The van der Waals surface area contributed by atoms with Gasteiger partial charge in [0, 0.05) is 11.6 Å². The maximum Gasteiger partial charge on any atom is 0.0947 e. The van der Waals surface area contributed by atoms with Crippen molar-refractivity contribution in [2.75, 3.05) is 13.2 Å². The Hall–Kier alpha value is -0.570. The molecule has 2 rings (SSSR count). The van der Waals surface area contributed by atoms with Crippen LogP contribution in [0.5, 0.6) is 0 Å². The Bertz CT molecular complexity index is 308. The number of nitrogens with two attached hydrogens (primary N) is 1. The second-order valence-electron chi connectivity index (χ2n) is 4.05. The molecule has 0 radical (unpaired) electrons. The van der Waals surface area contributed by atoms with E-state index in [1.807, 2.05) is 24.3 Å². The Balaban J connectivity index is 1.94. The summed E-state index contributed by atoms with van der Waals surface area (Å²) in [5, 5.41) is 0.747. The molecule has 15 heavy (non-hydrogen) atoms. The van der Waals surface area contributed by atoms with Crippen LogP contribution < -0.4 is 5.73 Å². The van der Waals surface area contributed by atoms with E-state index in [4.69, 9.17) is 22.1 Å². The number of ether oxygens (including phenoxy) is 1. The highest BCUT2D eigenvalue weighted by atomic mass is 35.5. The molecule has 82 valence electrons. The van der Waals surface area contributed by atoms with Crippen molar-refractivity contribution in [2.24, 2.45) is 11.7 Å². The first-order chi connectivity index (χ1) is 7.29. The molecule has 0 aliphatic heterocycles. The highest BCUT2D eigenvalue weighted by Gasteiger charge is 2.23. The second-order valence-corrected chi connectivity index (χ2v) is 4.49. The molecule has 1 aromatic carbocycles. The number of benzene rings is 1. The zero-order valence-corrected chi connectivity index (χ0v) is 9.41. The van der Waals surface area contributed by atoms with Crippen LogP contribution in [0.15, 0.2) is 24.3 Å². The number of hydrogen-bond donors (Lipinski definition) is 1. The Morgan fingerprint density at radius 3 is 2.53 bits per heavy atom. The van der Waals surface area contributed by atoms with Crippen molar-refractivity contribution in [1.82, 2.24) is 0 Å². The summed E-state index contributed by atoms with van der Waals surface area (Å²) in [4.78, 5) is 0. The molecule has 0 heterocycles. The molecule has 2 N–H and O–H groups in total. The van der Waals surface area contributed by atoms with Gasteiger partial charge in [0.25, 0.3) is 0 Å². The summed E-state index contributed by atoms with van der Waals surface area (Å²) in [7, 11) is 0. The molecule has 1 fully saturated rings. The van der Waals surface area contributed by atoms with Gasteiger partial charge in [-0.25, -0.2) is 0 Å². The largest absolute Gasteiger partial charge is 0.372 e. The lowest BCUT2D eigenvalue weighted by molar-refractivity contribution is 0.0510. The number of rotatable bonds is 5. The summed E-state index contributed by atoms with van der Waals surface area (Å²) in [6.45, 7) is 1.36. The SMILES string of the molecule is NC[C@@H](OCC1CC1)c1ccc(Cl)cc1. The zero-order chi connectivity index (χ0) is 10.7. The predicted molar refractivity (Wildman–Crippen MR) is 61.9 cm³/mol. The van der Waals surface area contributed by atoms with E-state index in [1.165, 1.54) is 12.8 Å². The van der Waals surface area contributed by atoms with E-state index in [0.717, 1.165) is 23.1 Å². The van der Waals surface area contributed by atoms with Crippen molar-refractivity contribution in [2.45, 2.75) is 18.9 Å². The van der Waals surface area contributed by atoms with E-state index in [1.54, 1.807) is 0 Å². The first-order valence-electron chi connectivity index (χ1n) is 5.36. The summed E-state index contributed by atoms with van der Waals surface area (Å²) in [5.41, 5.74) is 6.80. The van der Waals surface area contributed by atoms with E-state index >= 15 is 0 Å². The van der Waals surface area contributed by atoms with Crippen LogP contribution in [0.3, 0.4) is 0 Å². The fourth-order valence-corrected chi connectivity index (χ4v) is 1.64. The highest BCUT2D eigenvalue weighted by Crippen LogP contribution is 2.31. The molecular weight excluding hydrogens is 210 g/mol. The Kier molecular flexibility index (Phi) is 3.62. The maximum absolute atomic E-state index is 5.82. The molecule has 0 unspecified atom stereocenters. The fraction of sp³-hybridized carbons (Fsp3) is 0.500. The summed E-state index contributed by atoms with van der Waals surface area (Å²) in [6.07, 6.45) is 2.62. The molecule has 0 aromatic heterocycles. The molecule has 0 amide bonds. The fourth-order valence-electron chi connectivity index (χ4n) is 1.51. The first-order valence-corrected chi connectivity index (χ1v) is 5.74. The van der Waals surface area contributed by atoms with Crippen molar-refractivity contribution in [3.8, 4) is 0 Å². The summed E-state index contributed by atoms with van der Waals surface area (Å²) in [6, 6.07) is 7.71. The molecule has 1 aliphatic rings. The summed E-state index contributed by atoms with van der Waals surface area (Å²) in [5.74, 6) is 0.770. The molecule has 1 atom stereocenters. The number of hydrogen-bond acceptors (Lipinski definition) is 2. The van der Waals surface area contributed by atoms with E-state index in [9.17, 15) is 0 Å². The maximum atomic E-state index is 5.82. The normalized spacial score (nSPS) is 17.7. The molecule has 0 bridgehead atoms. The van der Waals surface area contributed by atoms with Crippen molar-refractivity contribution in [1.29, 1.82) is 0 Å². The van der Waals surface area contributed by atoms with Gasteiger partial charge in [-0.3, -0.25) is 0 Å². The lowest BCUT2D eigenvalue weighted by Crippen LogP contribution is -2.16. The van der Waals surface area contributed by atoms with Crippen LogP contribution in [-0.4, -0.2) is 13.2 Å². The molecule has 0 spiro atoms. The quantitative estimate of drug-likeness (QED) is 0.837. The van der Waals surface area contributed by atoms with E-state index in [0.29, 0.717) is 6.54 Å². The third-order valence-electron chi connectivity index (χ3n) is 2.69. The van der Waals surface area contributed by atoms with Gasteiger partial charge in [-0.05, 0) is 36.5 Å². The highest BCUT2D eigenvalue weighted by molar-refractivity contribution is 6.30. The van der Waals surface area contributed by atoms with Crippen LogP contribution in [0.1, 0.15) is 24.5 Å². The summed E-state index contributed by atoms with van der Waals surface area (Å²) >= 11 is 5.82. The molecule has 0 saturated heterocycles. The van der Waals surface area contributed by atoms with Gasteiger partial charge in [0.15, 0.2) is 0 Å². The topological polar surface area (TPSA) is 35.2 Å². The van der Waals surface area contributed by atoms with Crippen molar-refractivity contribution >= 4 is 11.6 Å². The minimum absolute atomic E-state index is 0.0165. The first kappa shape index (κ1) is 10.9. The second kappa shape index (κ2) is 4.97. The van der Waals surface area contributed by atoms with Gasteiger partial charge in [0.1, 0.15) is 0 Å². The van der Waals surface area contributed by atoms with E-state index in [-0.39, 0.29) is 6.10 Å². The van der Waals surface area contributed by atoms with Gasteiger partial charge >= 0.3 is 0 Å². The average Bonchev–Trinajstić information content (AvgIpc) is 3.05. The third kappa shape index (κ3) is 3.20. The molecule has 1 aromatic rings. The van der Waals surface area contributed by atoms with Gasteiger partial charge in [0.05, 0.1) is 12.7 Å². The average molecular weight is 226 g/mol. The van der Waals surface area contributed by atoms with Gasteiger partial charge < -0.3 is 10.5 Å². The monoisotopic (exact) mass is 225 g/mol. The Labute approximate surface area is 95.4 Å². The van der Waals surface area contributed by atoms with Gasteiger partial charge in [-0.1, -0.05) is 23.7 Å². The van der Waals surface area contributed by atoms with Crippen molar-refractivity contribution in [3.05, 3.63) is 34.9 Å². The van der Waals surface area contributed by atoms with Gasteiger partial charge in [-0.2, -0.15) is 0 Å². The lowest BCUT2D eigenvalue weighted by Gasteiger charge is -2.16. The van der Waals surface area contributed by atoms with Crippen LogP contribution in [0, 0.1) is 5.92 Å². The van der Waals surface area contributed by atoms with E-state index in [2.05, 4.69) is 0 Å². The molecule has 2 nitrogen and oxygen atoms in total. The lowest BCUT2D eigenvalue weighted by atomic mass is 10.1. The Morgan fingerprint density at radius 1 is 1.33 bits per heavy atom. The summed E-state index contributed by atoms with van der Waals surface area (Å²) < 4.78 is 5.77. The molecule has 3 heteroatoms. The molecule has 1 saturated carbocycles.